The predicted molar refractivity (Wildman–Crippen MR) is 150 cm³/mol. The highest BCUT2D eigenvalue weighted by atomic mass is 19.2. The minimum Gasteiger partial charge on any atom is -0.367 e. The Bertz CT molecular complexity index is 1730. The lowest BCUT2D eigenvalue weighted by Gasteiger charge is -2.30. The van der Waals surface area contributed by atoms with E-state index >= 15 is 0 Å². The number of benzene rings is 1. The second-order valence-electron chi connectivity index (χ2n) is 10.5. The molecule has 2 aliphatic rings. The summed E-state index contributed by atoms with van der Waals surface area (Å²) in [5, 5.41) is 8.50. The Morgan fingerprint density at radius 3 is 2.55 bits per heavy atom. The van der Waals surface area contributed by atoms with Crippen LogP contribution in [0.3, 0.4) is 0 Å². The molecule has 0 atom stereocenters. The van der Waals surface area contributed by atoms with Crippen LogP contribution >= 0.6 is 0 Å². The van der Waals surface area contributed by atoms with Crippen molar-refractivity contribution in [2.75, 3.05) is 44.2 Å². The zero-order valence-electron chi connectivity index (χ0n) is 22.0. The average molecular weight is 542 g/mol. The number of hydrogen-bond donors (Lipinski definition) is 2. The number of nitrogens with zero attached hydrogens (tertiary/aromatic N) is 5. The van der Waals surface area contributed by atoms with Crippen LogP contribution < -0.4 is 10.2 Å². The third-order valence-corrected chi connectivity index (χ3v) is 8.04. The van der Waals surface area contributed by atoms with E-state index in [1.54, 1.807) is 23.0 Å². The number of amides is 1. The summed E-state index contributed by atoms with van der Waals surface area (Å²) in [6.45, 7) is 4.20. The topological polar surface area (TPSA) is 81.6 Å². The van der Waals surface area contributed by atoms with Crippen LogP contribution in [0.25, 0.3) is 38.8 Å². The van der Waals surface area contributed by atoms with Gasteiger partial charge in [0.05, 0.1) is 23.0 Å². The molecule has 0 aliphatic carbocycles. The molecule has 0 bridgehead atoms. The molecule has 2 saturated heterocycles. The number of carbonyl (C=O) groups excluding carboxylic acids is 1. The standard InChI is InChI=1S/C30H29F2N7O/c31-25-13-20(15-27(28(25)32)37-10-5-33-6-11-37)21-12-22-23(17-35-29(22)34-16-21)19-4-9-39-26(14-19)24(18-36-39)30(40)38-7-2-1-3-8-38/h4,9,12-18,33H,1-3,5-8,10-11H2,(H,34,35). The number of aromatic nitrogens is 4. The Balaban J connectivity index is 1.28. The maximum absolute atomic E-state index is 14.8. The Morgan fingerprint density at radius 1 is 0.900 bits per heavy atom. The highest BCUT2D eigenvalue weighted by Gasteiger charge is 2.23. The van der Waals surface area contributed by atoms with E-state index in [1.807, 2.05) is 40.4 Å². The molecule has 2 aliphatic heterocycles. The van der Waals surface area contributed by atoms with Gasteiger partial charge in [-0.05, 0) is 60.7 Å². The molecule has 8 nitrogen and oxygen atoms in total. The second kappa shape index (κ2) is 10.0. The largest absolute Gasteiger partial charge is 0.367 e. The van der Waals surface area contributed by atoms with Crippen molar-refractivity contribution in [1.82, 2.24) is 29.8 Å². The van der Waals surface area contributed by atoms with Crippen LogP contribution in [0.4, 0.5) is 14.5 Å². The summed E-state index contributed by atoms with van der Waals surface area (Å²) in [6, 6.07) is 8.80. The van der Waals surface area contributed by atoms with Gasteiger partial charge in [-0.3, -0.25) is 4.79 Å². The minimum absolute atomic E-state index is 0.00774. The minimum atomic E-state index is -0.877. The first kappa shape index (κ1) is 24.7. The molecule has 0 saturated carbocycles. The number of carbonyl (C=O) groups is 1. The summed E-state index contributed by atoms with van der Waals surface area (Å²) >= 11 is 0. The quantitative estimate of drug-likeness (QED) is 0.340. The van der Waals surface area contributed by atoms with Crippen molar-refractivity contribution in [3.8, 4) is 22.3 Å². The lowest BCUT2D eigenvalue weighted by Crippen LogP contribution is -2.44. The van der Waals surface area contributed by atoms with Gasteiger partial charge in [-0.25, -0.2) is 18.3 Å². The molecule has 40 heavy (non-hydrogen) atoms. The van der Waals surface area contributed by atoms with Gasteiger partial charge in [-0.1, -0.05) is 0 Å². The van der Waals surface area contributed by atoms with E-state index < -0.39 is 11.6 Å². The molecule has 7 rings (SSSR count). The fraction of sp³-hybridized carbons (Fsp3) is 0.300. The van der Waals surface area contributed by atoms with Crippen molar-refractivity contribution >= 4 is 28.1 Å². The molecule has 2 fully saturated rings. The van der Waals surface area contributed by atoms with Crippen LogP contribution in [-0.2, 0) is 0 Å². The van der Waals surface area contributed by atoms with E-state index in [2.05, 4.69) is 20.4 Å². The van der Waals surface area contributed by atoms with Crippen LogP contribution in [0.15, 0.2) is 55.1 Å². The van der Waals surface area contributed by atoms with Crippen LogP contribution in [0.1, 0.15) is 29.6 Å². The van der Waals surface area contributed by atoms with Gasteiger partial charge >= 0.3 is 0 Å². The molecule has 204 valence electrons. The van der Waals surface area contributed by atoms with Crippen molar-refractivity contribution in [2.45, 2.75) is 19.3 Å². The molecule has 1 aromatic carbocycles. The van der Waals surface area contributed by atoms with Crippen LogP contribution in [0, 0.1) is 11.6 Å². The fourth-order valence-electron chi connectivity index (χ4n) is 5.86. The number of fused-ring (bicyclic) bond motifs is 2. The highest BCUT2D eigenvalue weighted by Crippen LogP contribution is 2.34. The summed E-state index contributed by atoms with van der Waals surface area (Å²) in [5.74, 6) is -1.70. The van der Waals surface area contributed by atoms with Gasteiger partial charge in [-0.15, -0.1) is 0 Å². The number of rotatable bonds is 4. The SMILES string of the molecule is O=C(c1cnn2ccc(-c3c[nH]c4ncc(-c5cc(F)c(F)c(N6CCNCC6)c5)cc34)cc12)N1CCCCC1. The Labute approximate surface area is 229 Å². The molecule has 0 unspecified atom stereocenters. The van der Waals surface area contributed by atoms with E-state index in [-0.39, 0.29) is 11.6 Å². The molecular weight excluding hydrogens is 512 g/mol. The first-order chi connectivity index (χ1) is 19.6. The van der Waals surface area contributed by atoms with E-state index in [9.17, 15) is 13.6 Å². The third-order valence-electron chi connectivity index (χ3n) is 8.04. The Hall–Kier alpha value is -4.31. The molecule has 1 amide bonds. The Morgan fingerprint density at radius 2 is 1.73 bits per heavy atom. The molecule has 6 heterocycles. The van der Waals surface area contributed by atoms with Crippen LogP contribution in [0.5, 0.6) is 0 Å². The predicted octanol–water partition coefficient (Wildman–Crippen LogP) is 4.86. The number of nitrogens with one attached hydrogen (secondary N) is 2. The first-order valence-electron chi connectivity index (χ1n) is 13.8. The molecule has 10 heteroatoms. The van der Waals surface area contributed by atoms with Gasteiger partial charge in [0.2, 0.25) is 0 Å². The molecular formula is C30H29F2N7O. The zero-order chi connectivity index (χ0) is 27.2. The summed E-state index contributed by atoms with van der Waals surface area (Å²) in [5.41, 5.74) is 5.33. The van der Waals surface area contributed by atoms with Gasteiger partial charge in [0.15, 0.2) is 11.6 Å². The number of piperidine rings is 1. The number of anilines is 1. The van der Waals surface area contributed by atoms with Crippen molar-refractivity contribution in [3.05, 3.63) is 72.3 Å². The summed E-state index contributed by atoms with van der Waals surface area (Å²) < 4.78 is 31.3. The van der Waals surface area contributed by atoms with E-state index in [1.165, 1.54) is 6.07 Å². The maximum Gasteiger partial charge on any atom is 0.257 e. The lowest BCUT2D eigenvalue weighted by molar-refractivity contribution is 0.0726. The number of likely N-dealkylation sites (tertiary alicyclic amines) is 1. The van der Waals surface area contributed by atoms with E-state index in [4.69, 9.17) is 0 Å². The normalized spacial score (nSPS) is 16.2. The summed E-state index contributed by atoms with van der Waals surface area (Å²) in [6.07, 6.45) is 10.2. The van der Waals surface area contributed by atoms with Crippen molar-refractivity contribution in [2.24, 2.45) is 0 Å². The second-order valence-corrected chi connectivity index (χ2v) is 10.5. The number of halogens is 2. The molecule has 4 aromatic heterocycles. The summed E-state index contributed by atoms with van der Waals surface area (Å²) in [7, 11) is 0. The fourth-order valence-corrected chi connectivity index (χ4v) is 5.86. The average Bonchev–Trinajstić information content (AvgIpc) is 3.62. The van der Waals surface area contributed by atoms with Crippen molar-refractivity contribution < 1.29 is 13.6 Å². The monoisotopic (exact) mass is 541 g/mol. The summed E-state index contributed by atoms with van der Waals surface area (Å²) in [4.78, 5) is 24.9. The van der Waals surface area contributed by atoms with Gasteiger partial charge in [0, 0.05) is 74.4 Å². The van der Waals surface area contributed by atoms with Crippen LogP contribution in [0.2, 0.25) is 0 Å². The van der Waals surface area contributed by atoms with Crippen molar-refractivity contribution in [3.63, 3.8) is 0 Å². The third kappa shape index (κ3) is 4.28. The maximum atomic E-state index is 14.8. The molecule has 5 aromatic rings. The number of piperazine rings is 1. The van der Waals surface area contributed by atoms with E-state index in [0.717, 1.165) is 67.5 Å². The van der Waals surface area contributed by atoms with Gasteiger partial charge in [0.1, 0.15) is 5.65 Å². The number of aromatic amines is 1. The van der Waals surface area contributed by atoms with E-state index in [0.29, 0.717) is 35.4 Å². The molecule has 0 radical (unpaired) electrons. The lowest BCUT2D eigenvalue weighted by atomic mass is 10.0. The highest BCUT2D eigenvalue weighted by molar-refractivity contribution is 6.02. The molecule has 2 N–H and O–H groups in total. The zero-order valence-corrected chi connectivity index (χ0v) is 22.0. The smallest absolute Gasteiger partial charge is 0.257 e. The number of pyridine rings is 2. The van der Waals surface area contributed by atoms with Gasteiger partial charge in [0.25, 0.3) is 5.91 Å². The Kier molecular flexibility index (Phi) is 6.19. The molecule has 0 spiro atoms. The number of H-pyrrole nitrogens is 1. The first-order valence-corrected chi connectivity index (χ1v) is 13.8. The van der Waals surface area contributed by atoms with Crippen LogP contribution in [-0.4, -0.2) is 69.7 Å². The number of hydrogen-bond acceptors (Lipinski definition) is 5. The van der Waals surface area contributed by atoms with Crippen molar-refractivity contribution in [1.29, 1.82) is 0 Å². The van der Waals surface area contributed by atoms with Gasteiger partial charge in [-0.2, -0.15) is 5.10 Å². The van der Waals surface area contributed by atoms with Gasteiger partial charge < -0.3 is 20.1 Å².